The summed E-state index contributed by atoms with van der Waals surface area (Å²) in [5.41, 5.74) is 0. The van der Waals surface area contributed by atoms with Crippen molar-refractivity contribution in [3.63, 3.8) is 0 Å². The number of ketones is 1. The lowest BCUT2D eigenvalue weighted by Gasteiger charge is -2.14. The molecule has 0 amide bonds. The number of carbonyl (C=O) groups is 1. The van der Waals surface area contributed by atoms with Crippen molar-refractivity contribution >= 4 is 5.78 Å². The summed E-state index contributed by atoms with van der Waals surface area (Å²) >= 11 is 0. The second-order valence-electron chi connectivity index (χ2n) is 3.68. The predicted octanol–water partition coefficient (Wildman–Crippen LogP) is 3.19. The molecule has 0 aliphatic carbocycles. The van der Waals surface area contributed by atoms with Crippen LogP contribution in [0.5, 0.6) is 0 Å². The smallest absolute Gasteiger partial charge is 0.290 e. The van der Waals surface area contributed by atoms with Crippen LogP contribution in [0.4, 0.5) is 13.2 Å². The van der Waals surface area contributed by atoms with Crippen molar-refractivity contribution in [1.29, 1.82) is 0 Å². The van der Waals surface area contributed by atoms with Gasteiger partial charge < -0.3 is 0 Å². The minimum atomic E-state index is -4.66. The van der Waals surface area contributed by atoms with Gasteiger partial charge in [0.2, 0.25) is 5.78 Å². The molecule has 0 aromatic carbocycles. The van der Waals surface area contributed by atoms with E-state index < -0.39 is 12.0 Å². The Balaban J connectivity index is 3.84. The standard InChI is InChI=1S/C9H15F3O/c1-6(2)7(3)4-5-8(13)9(10,11)12/h6-7H,4-5H2,1-3H3/t7-/m0/s1. The first-order chi connectivity index (χ1) is 5.75. The zero-order valence-electron chi connectivity index (χ0n) is 8.11. The summed E-state index contributed by atoms with van der Waals surface area (Å²) in [6.07, 6.45) is -4.73. The molecule has 0 unspecified atom stereocenters. The number of alkyl halides is 3. The van der Waals surface area contributed by atoms with Gasteiger partial charge in [0.05, 0.1) is 0 Å². The highest BCUT2D eigenvalue weighted by Crippen LogP contribution is 2.22. The second-order valence-corrected chi connectivity index (χ2v) is 3.68. The van der Waals surface area contributed by atoms with Crippen LogP contribution in [-0.4, -0.2) is 12.0 Å². The van der Waals surface area contributed by atoms with Gasteiger partial charge in [-0.3, -0.25) is 4.79 Å². The van der Waals surface area contributed by atoms with Crippen molar-refractivity contribution in [3.05, 3.63) is 0 Å². The van der Waals surface area contributed by atoms with E-state index in [9.17, 15) is 18.0 Å². The molecule has 0 aliphatic rings. The van der Waals surface area contributed by atoms with Crippen LogP contribution in [0.3, 0.4) is 0 Å². The van der Waals surface area contributed by atoms with Gasteiger partial charge in [0.15, 0.2) is 0 Å². The Kier molecular flexibility index (Phi) is 4.44. The van der Waals surface area contributed by atoms with Crippen LogP contribution in [0.2, 0.25) is 0 Å². The largest absolute Gasteiger partial charge is 0.449 e. The SMILES string of the molecule is CC(C)[C@@H](C)CCC(=O)C(F)(F)F. The van der Waals surface area contributed by atoms with Gasteiger partial charge in [-0.25, -0.2) is 0 Å². The molecule has 0 radical (unpaired) electrons. The molecular weight excluding hydrogens is 181 g/mol. The Bertz CT molecular complexity index is 172. The molecule has 4 heteroatoms. The zero-order chi connectivity index (χ0) is 10.6. The first-order valence-corrected chi connectivity index (χ1v) is 4.35. The van der Waals surface area contributed by atoms with Crippen molar-refractivity contribution < 1.29 is 18.0 Å². The first kappa shape index (κ1) is 12.5. The Morgan fingerprint density at radius 2 is 1.69 bits per heavy atom. The fraction of sp³-hybridized carbons (Fsp3) is 0.889. The minimum Gasteiger partial charge on any atom is -0.290 e. The fourth-order valence-electron chi connectivity index (χ4n) is 0.834. The maximum atomic E-state index is 11.8. The van der Waals surface area contributed by atoms with Crippen LogP contribution in [0.15, 0.2) is 0 Å². The minimum absolute atomic E-state index is 0.159. The monoisotopic (exact) mass is 196 g/mol. The molecule has 0 aromatic heterocycles. The average molecular weight is 196 g/mol. The number of halogens is 3. The topological polar surface area (TPSA) is 17.1 Å². The van der Waals surface area contributed by atoms with Crippen LogP contribution >= 0.6 is 0 Å². The summed E-state index contributed by atoms with van der Waals surface area (Å²) in [5.74, 6) is -1.13. The van der Waals surface area contributed by atoms with Gasteiger partial charge in [-0.15, -0.1) is 0 Å². The molecule has 0 aromatic rings. The molecule has 78 valence electrons. The normalized spacial score (nSPS) is 14.7. The third-order valence-electron chi connectivity index (χ3n) is 2.28. The summed E-state index contributed by atoms with van der Waals surface area (Å²) < 4.78 is 35.3. The van der Waals surface area contributed by atoms with E-state index in [4.69, 9.17) is 0 Å². The quantitative estimate of drug-likeness (QED) is 0.674. The number of hydrogen-bond donors (Lipinski definition) is 0. The molecule has 1 atom stereocenters. The summed E-state index contributed by atoms with van der Waals surface area (Å²) in [4.78, 5) is 10.5. The number of hydrogen-bond acceptors (Lipinski definition) is 1. The highest BCUT2D eigenvalue weighted by molar-refractivity contribution is 5.83. The van der Waals surface area contributed by atoms with E-state index in [1.807, 2.05) is 20.8 Å². The van der Waals surface area contributed by atoms with Crippen molar-refractivity contribution in [2.24, 2.45) is 11.8 Å². The number of carbonyl (C=O) groups excluding carboxylic acids is 1. The molecule has 0 saturated heterocycles. The molecule has 13 heavy (non-hydrogen) atoms. The van der Waals surface area contributed by atoms with E-state index in [-0.39, 0.29) is 12.3 Å². The van der Waals surface area contributed by atoms with Crippen molar-refractivity contribution in [2.45, 2.75) is 39.8 Å². The molecule has 0 saturated carbocycles. The molecule has 0 fully saturated rings. The zero-order valence-corrected chi connectivity index (χ0v) is 8.11. The van der Waals surface area contributed by atoms with E-state index in [2.05, 4.69) is 0 Å². The molecule has 0 heterocycles. The number of rotatable bonds is 4. The van der Waals surface area contributed by atoms with Crippen LogP contribution in [0.25, 0.3) is 0 Å². The van der Waals surface area contributed by atoms with Gasteiger partial charge in [0.25, 0.3) is 0 Å². The highest BCUT2D eigenvalue weighted by atomic mass is 19.4. The van der Waals surface area contributed by atoms with Gasteiger partial charge in [-0.05, 0) is 18.3 Å². The van der Waals surface area contributed by atoms with Crippen LogP contribution in [0.1, 0.15) is 33.6 Å². The predicted molar refractivity (Wildman–Crippen MR) is 44.3 cm³/mol. The van der Waals surface area contributed by atoms with Gasteiger partial charge in [-0.1, -0.05) is 20.8 Å². The first-order valence-electron chi connectivity index (χ1n) is 4.35. The lowest BCUT2D eigenvalue weighted by atomic mass is 9.92. The van der Waals surface area contributed by atoms with Gasteiger partial charge in [-0.2, -0.15) is 13.2 Å². The molecule has 1 nitrogen and oxygen atoms in total. The summed E-state index contributed by atoms with van der Waals surface area (Å²) in [6, 6.07) is 0. The van der Waals surface area contributed by atoms with E-state index in [0.717, 1.165) is 0 Å². The lowest BCUT2D eigenvalue weighted by molar-refractivity contribution is -0.171. The Morgan fingerprint density at radius 1 is 1.23 bits per heavy atom. The third-order valence-corrected chi connectivity index (χ3v) is 2.28. The molecule has 0 aliphatic heterocycles. The van der Waals surface area contributed by atoms with E-state index in [1.165, 1.54) is 0 Å². The Morgan fingerprint density at radius 3 is 2.00 bits per heavy atom. The van der Waals surface area contributed by atoms with Crippen LogP contribution in [-0.2, 0) is 4.79 Å². The Labute approximate surface area is 76.3 Å². The van der Waals surface area contributed by atoms with E-state index in [0.29, 0.717) is 12.3 Å². The lowest BCUT2D eigenvalue weighted by Crippen LogP contribution is -2.23. The van der Waals surface area contributed by atoms with Crippen LogP contribution < -0.4 is 0 Å². The third kappa shape index (κ3) is 4.90. The Hall–Kier alpha value is -0.540. The van der Waals surface area contributed by atoms with Crippen LogP contribution in [0, 0.1) is 11.8 Å². The average Bonchev–Trinajstić information content (AvgIpc) is 1.97. The van der Waals surface area contributed by atoms with Gasteiger partial charge in [0.1, 0.15) is 0 Å². The van der Waals surface area contributed by atoms with Crippen molar-refractivity contribution in [1.82, 2.24) is 0 Å². The summed E-state index contributed by atoms with van der Waals surface area (Å²) in [5, 5.41) is 0. The molecule has 0 rings (SSSR count). The fourth-order valence-corrected chi connectivity index (χ4v) is 0.834. The van der Waals surface area contributed by atoms with Gasteiger partial charge >= 0.3 is 6.18 Å². The maximum Gasteiger partial charge on any atom is 0.449 e. The molecular formula is C9H15F3O. The maximum absolute atomic E-state index is 11.8. The highest BCUT2D eigenvalue weighted by Gasteiger charge is 2.37. The van der Waals surface area contributed by atoms with E-state index >= 15 is 0 Å². The van der Waals surface area contributed by atoms with Crippen molar-refractivity contribution in [3.8, 4) is 0 Å². The molecule has 0 spiro atoms. The second kappa shape index (κ2) is 4.63. The summed E-state index contributed by atoms with van der Waals surface area (Å²) in [6.45, 7) is 5.72. The van der Waals surface area contributed by atoms with Crippen molar-refractivity contribution in [2.75, 3.05) is 0 Å². The summed E-state index contributed by atoms with van der Waals surface area (Å²) in [7, 11) is 0. The van der Waals surface area contributed by atoms with E-state index in [1.54, 1.807) is 0 Å². The number of Topliss-reactive ketones (excluding diaryl/α,β-unsaturated/α-hetero) is 1. The molecule has 0 N–H and O–H groups in total. The van der Waals surface area contributed by atoms with Gasteiger partial charge in [0, 0.05) is 6.42 Å². The molecule has 0 bridgehead atoms.